The molecule has 1 aromatic carbocycles. The van der Waals surface area contributed by atoms with Crippen LogP contribution >= 0.6 is 11.6 Å². The number of rotatable bonds is 6. The van der Waals surface area contributed by atoms with E-state index < -0.39 is 0 Å². The number of nitrogens with two attached hydrogens (primary N) is 1. The van der Waals surface area contributed by atoms with Crippen LogP contribution < -0.4 is 11.1 Å². The first kappa shape index (κ1) is 17.2. The van der Waals surface area contributed by atoms with E-state index in [0.29, 0.717) is 28.8 Å². The fourth-order valence-electron chi connectivity index (χ4n) is 2.31. The number of aromatic hydroxyl groups is 1. The molecule has 1 unspecified atom stereocenters. The predicted molar refractivity (Wildman–Crippen MR) is 98.5 cm³/mol. The molecule has 0 spiro atoms. The van der Waals surface area contributed by atoms with Gasteiger partial charge in [0.25, 0.3) is 0 Å². The Morgan fingerprint density at radius 2 is 2.16 bits per heavy atom. The van der Waals surface area contributed by atoms with Gasteiger partial charge in [0, 0.05) is 30.0 Å². The molecule has 5 N–H and O–H groups in total. The van der Waals surface area contributed by atoms with Crippen LogP contribution in [0.1, 0.15) is 13.3 Å². The Morgan fingerprint density at radius 1 is 1.32 bits per heavy atom. The smallest absolute Gasteiger partial charge is 0.165 e. The van der Waals surface area contributed by atoms with Crippen LogP contribution in [0.25, 0.3) is 22.6 Å². The van der Waals surface area contributed by atoms with Crippen molar-refractivity contribution >= 4 is 17.4 Å². The van der Waals surface area contributed by atoms with Gasteiger partial charge >= 0.3 is 0 Å². The van der Waals surface area contributed by atoms with Gasteiger partial charge in [0.1, 0.15) is 11.6 Å². The van der Waals surface area contributed by atoms with Crippen molar-refractivity contribution < 1.29 is 5.11 Å². The van der Waals surface area contributed by atoms with Crippen molar-refractivity contribution in [3.63, 3.8) is 0 Å². The summed E-state index contributed by atoms with van der Waals surface area (Å²) in [7, 11) is 0. The fourth-order valence-corrected chi connectivity index (χ4v) is 2.48. The molecular weight excluding hydrogens is 340 g/mol. The summed E-state index contributed by atoms with van der Waals surface area (Å²) in [5, 5.41) is 20.7. The number of hydrogen-bond donors (Lipinski definition) is 4. The van der Waals surface area contributed by atoms with Gasteiger partial charge in [-0.1, -0.05) is 18.5 Å². The molecule has 0 aliphatic rings. The number of aromatic amines is 1. The zero-order valence-corrected chi connectivity index (χ0v) is 14.5. The van der Waals surface area contributed by atoms with Crippen LogP contribution in [0.4, 0.5) is 5.82 Å². The molecule has 0 fully saturated rings. The van der Waals surface area contributed by atoms with Crippen LogP contribution in [0.15, 0.2) is 36.7 Å². The number of nitrogens with zero attached hydrogens (tertiary/aromatic N) is 3. The standard InChI is InChI=1S/C17H19ClN6O/c1-2-11(19)8-20-17-13(14-5-6-22-24-14)9-21-16(23-17)12-7-10(18)3-4-15(12)25/h3-7,9,11,25H,2,8,19H2,1H3,(H,22,24)(H,20,21,23). The summed E-state index contributed by atoms with van der Waals surface area (Å²) in [6.07, 6.45) is 4.18. The highest BCUT2D eigenvalue weighted by molar-refractivity contribution is 6.30. The van der Waals surface area contributed by atoms with Gasteiger partial charge in [-0.15, -0.1) is 0 Å². The average molecular weight is 359 g/mol. The summed E-state index contributed by atoms with van der Waals surface area (Å²) in [5.41, 5.74) is 8.02. The average Bonchev–Trinajstić information content (AvgIpc) is 3.16. The zero-order valence-electron chi connectivity index (χ0n) is 13.7. The third-order valence-electron chi connectivity index (χ3n) is 3.84. The SMILES string of the molecule is CCC(N)CNc1nc(-c2cc(Cl)ccc2O)ncc1-c1ccn[nH]1. The van der Waals surface area contributed by atoms with Crippen molar-refractivity contribution in [3.05, 3.63) is 41.7 Å². The first-order valence-electron chi connectivity index (χ1n) is 7.93. The number of benzene rings is 1. The minimum atomic E-state index is 0.00704. The second-order valence-corrected chi connectivity index (χ2v) is 6.07. The van der Waals surface area contributed by atoms with Gasteiger partial charge in [0.15, 0.2) is 5.82 Å². The second-order valence-electron chi connectivity index (χ2n) is 5.64. The van der Waals surface area contributed by atoms with Gasteiger partial charge in [-0.3, -0.25) is 5.10 Å². The Bertz CT molecular complexity index is 852. The summed E-state index contributed by atoms with van der Waals surface area (Å²) in [6, 6.07) is 6.60. The van der Waals surface area contributed by atoms with Gasteiger partial charge < -0.3 is 16.2 Å². The molecule has 0 saturated heterocycles. The molecule has 3 rings (SSSR count). The highest BCUT2D eigenvalue weighted by atomic mass is 35.5. The number of phenols is 1. The van der Waals surface area contributed by atoms with Crippen molar-refractivity contribution in [1.29, 1.82) is 0 Å². The van der Waals surface area contributed by atoms with Crippen molar-refractivity contribution in [2.24, 2.45) is 5.73 Å². The van der Waals surface area contributed by atoms with Crippen LogP contribution in [0, 0.1) is 0 Å². The molecule has 7 nitrogen and oxygen atoms in total. The molecule has 0 saturated carbocycles. The summed E-state index contributed by atoms with van der Waals surface area (Å²) < 4.78 is 0. The third kappa shape index (κ3) is 3.89. The molecule has 0 aliphatic carbocycles. The van der Waals surface area contributed by atoms with E-state index in [1.54, 1.807) is 24.5 Å². The molecule has 1 atom stereocenters. The largest absolute Gasteiger partial charge is 0.507 e. The molecule has 2 aromatic heterocycles. The Balaban J connectivity index is 2.03. The zero-order chi connectivity index (χ0) is 17.8. The van der Waals surface area contributed by atoms with Gasteiger partial charge in [-0.2, -0.15) is 5.10 Å². The lowest BCUT2D eigenvalue weighted by Gasteiger charge is -2.14. The lowest BCUT2D eigenvalue weighted by Crippen LogP contribution is -2.28. The van der Waals surface area contributed by atoms with E-state index in [-0.39, 0.29) is 11.8 Å². The topological polar surface area (TPSA) is 113 Å². The summed E-state index contributed by atoms with van der Waals surface area (Å²) >= 11 is 6.03. The molecule has 0 aliphatic heterocycles. The quantitative estimate of drug-likeness (QED) is 0.538. The van der Waals surface area contributed by atoms with Crippen LogP contribution in [0.3, 0.4) is 0 Å². The maximum atomic E-state index is 10.1. The number of anilines is 1. The highest BCUT2D eigenvalue weighted by Gasteiger charge is 2.15. The summed E-state index contributed by atoms with van der Waals surface area (Å²) in [6.45, 7) is 2.59. The van der Waals surface area contributed by atoms with E-state index >= 15 is 0 Å². The maximum absolute atomic E-state index is 10.1. The molecule has 3 aromatic rings. The van der Waals surface area contributed by atoms with Crippen LogP contribution in [-0.2, 0) is 0 Å². The Labute approximate surface area is 150 Å². The number of phenolic OH excluding ortho intramolecular Hbond substituents is 1. The third-order valence-corrected chi connectivity index (χ3v) is 4.07. The molecular formula is C17H19ClN6O. The fraction of sp³-hybridized carbons (Fsp3) is 0.235. The number of halogens is 1. The predicted octanol–water partition coefficient (Wildman–Crippen LogP) is 3.04. The number of nitrogens with one attached hydrogen (secondary N) is 2. The Hall–Kier alpha value is -2.64. The maximum Gasteiger partial charge on any atom is 0.165 e. The van der Waals surface area contributed by atoms with Crippen molar-refractivity contribution in [2.75, 3.05) is 11.9 Å². The van der Waals surface area contributed by atoms with E-state index in [9.17, 15) is 5.11 Å². The molecule has 0 bridgehead atoms. The molecule has 0 amide bonds. The molecule has 130 valence electrons. The molecule has 25 heavy (non-hydrogen) atoms. The van der Waals surface area contributed by atoms with E-state index in [2.05, 4.69) is 25.5 Å². The van der Waals surface area contributed by atoms with E-state index in [1.165, 1.54) is 6.07 Å². The van der Waals surface area contributed by atoms with Crippen molar-refractivity contribution in [1.82, 2.24) is 20.2 Å². The number of aromatic nitrogens is 4. The summed E-state index contributed by atoms with van der Waals surface area (Å²) in [5.74, 6) is 1.04. The molecule has 2 heterocycles. The molecule has 0 radical (unpaired) electrons. The van der Waals surface area contributed by atoms with Gasteiger partial charge in [-0.25, -0.2) is 9.97 Å². The van der Waals surface area contributed by atoms with E-state index in [4.69, 9.17) is 17.3 Å². The van der Waals surface area contributed by atoms with Gasteiger partial charge in [-0.05, 0) is 30.7 Å². The lowest BCUT2D eigenvalue weighted by molar-refractivity contribution is 0.477. The normalized spacial score (nSPS) is 12.1. The number of H-pyrrole nitrogens is 1. The van der Waals surface area contributed by atoms with Crippen LogP contribution in [-0.4, -0.2) is 37.9 Å². The Morgan fingerprint density at radius 3 is 2.88 bits per heavy atom. The monoisotopic (exact) mass is 358 g/mol. The molecule has 8 heteroatoms. The van der Waals surface area contributed by atoms with Crippen LogP contribution in [0.5, 0.6) is 5.75 Å². The van der Waals surface area contributed by atoms with E-state index in [0.717, 1.165) is 17.7 Å². The van der Waals surface area contributed by atoms with Gasteiger partial charge in [0.05, 0.1) is 16.8 Å². The minimum Gasteiger partial charge on any atom is -0.507 e. The minimum absolute atomic E-state index is 0.00704. The number of hydrogen-bond acceptors (Lipinski definition) is 6. The highest BCUT2D eigenvalue weighted by Crippen LogP contribution is 2.32. The van der Waals surface area contributed by atoms with E-state index in [1.807, 2.05) is 13.0 Å². The van der Waals surface area contributed by atoms with Crippen LogP contribution in [0.2, 0.25) is 5.02 Å². The van der Waals surface area contributed by atoms with Crippen molar-refractivity contribution in [3.8, 4) is 28.4 Å². The van der Waals surface area contributed by atoms with Gasteiger partial charge in [0.2, 0.25) is 0 Å². The van der Waals surface area contributed by atoms with Crippen molar-refractivity contribution in [2.45, 2.75) is 19.4 Å². The first-order chi connectivity index (χ1) is 12.1. The first-order valence-corrected chi connectivity index (χ1v) is 8.31. The Kier molecular flexibility index (Phi) is 5.16. The second kappa shape index (κ2) is 7.50. The summed E-state index contributed by atoms with van der Waals surface area (Å²) in [4.78, 5) is 8.93. The lowest BCUT2D eigenvalue weighted by atomic mass is 10.1.